The number of rotatable bonds is 5. The van der Waals surface area contributed by atoms with E-state index in [1.165, 1.54) is 21.8 Å². The SMILES string of the molecule is O=C(Nc1ccc(CN2CCc3ccccc32)cc1)c1cccc(N2NC(=O)C3CC=CCC3C2=O)c1. The maximum atomic E-state index is 13.1. The van der Waals surface area contributed by atoms with Crippen molar-refractivity contribution in [1.82, 2.24) is 5.43 Å². The number of nitrogens with zero attached hydrogens (tertiary/aromatic N) is 2. The van der Waals surface area contributed by atoms with E-state index in [9.17, 15) is 14.4 Å². The van der Waals surface area contributed by atoms with E-state index in [1.54, 1.807) is 24.3 Å². The Morgan fingerprint density at radius 1 is 0.919 bits per heavy atom. The number of anilines is 3. The Morgan fingerprint density at radius 3 is 2.54 bits per heavy atom. The lowest BCUT2D eigenvalue weighted by atomic mass is 9.80. The van der Waals surface area contributed by atoms with Gasteiger partial charge in [0.2, 0.25) is 11.8 Å². The molecule has 1 fully saturated rings. The molecule has 2 unspecified atom stereocenters. The van der Waals surface area contributed by atoms with Crippen LogP contribution in [0.25, 0.3) is 0 Å². The van der Waals surface area contributed by atoms with Crippen LogP contribution in [0.4, 0.5) is 17.1 Å². The van der Waals surface area contributed by atoms with Gasteiger partial charge in [0, 0.05) is 30.0 Å². The summed E-state index contributed by atoms with van der Waals surface area (Å²) < 4.78 is 0. The van der Waals surface area contributed by atoms with Gasteiger partial charge in [-0.3, -0.25) is 19.8 Å². The Kier molecular flexibility index (Phi) is 5.96. The van der Waals surface area contributed by atoms with Gasteiger partial charge in [-0.2, -0.15) is 0 Å². The second-order valence-corrected chi connectivity index (χ2v) is 9.81. The largest absolute Gasteiger partial charge is 0.367 e. The van der Waals surface area contributed by atoms with E-state index in [0.717, 1.165) is 19.5 Å². The molecule has 0 spiro atoms. The molecule has 6 rings (SSSR count). The Morgan fingerprint density at radius 2 is 1.70 bits per heavy atom. The quantitative estimate of drug-likeness (QED) is 0.516. The number of hydrogen-bond acceptors (Lipinski definition) is 4. The van der Waals surface area contributed by atoms with Gasteiger partial charge < -0.3 is 10.2 Å². The van der Waals surface area contributed by atoms with Crippen molar-refractivity contribution in [3.8, 4) is 0 Å². The molecule has 1 aliphatic carbocycles. The monoisotopic (exact) mass is 492 g/mol. The van der Waals surface area contributed by atoms with Crippen molar-refractivity contribution >= 4 is 34.8 Å². The first kappa shape index (κ1) is 23.0. The first-order valence-corrected chi connectivity index (χ1v) is 12.7. The molecule has 3 aromatic rings. The molecule has 37 heavy (non-hydrogen) atoms. The number of amides is 3. The maximum absolute atomic E-state index is 13.1. The zero-order chi connectivity index (χ0) is 25.4. The minimum absolute atomic E-state index is 0.150. The lowest BCUT2D eigenvalue weighted by Gasteiger charge is -2.38. The predicted octanol–water partition coefficient (Wildman–Crippen LogP) is 4.46. The fraction of sp³-hybridized carbons (Fsp3) is 0.233. The summed E-state index contributed by atoms with van der Waals surface area (Å²) in [6, 6.07) is 23.1. The molecule has 0 aromatic heterocycles. The van der Waals surface area contributed by atoms with Crippen LogP contribution in [0, 0.1) is 11.8 Å². The van der Waals surface area contributed by atoms with E-state index in [4.69, 9.17) is 0 Å². The maximum Gasteiger partial charge on any atom is 0.255 e. The average molecular weight is 493 g/mol. The summed E-state index contributed by atoms with van der Waals surface area (Å²) >= 11 is 0. The Bertz CT molecular complexity index is 1400. The Balaban J connectivity index is 1.12. The number of para-hydroxylation sites is 1. The van der Waals surface area contributed by atoms with Gasteiger partial charge in [0.1, 0.15) is 0 Å². The minimum atomic E-state index is -0.371. The van der Waals surface area contributed by atoms with Crippen LogP contribution < -0.4 is 20.7 Å². The highest BCUT2D eigenvalue weighted by atomic mass is 16.2. The van der Waals surface area contributed by atoms with E-state index in [-0.39, 0.29) is 29.6 Å². The lowest BCUT2D eigenvalue weighted by Crippen LogP contribution is -2.59. The summed E-state index contributed by atoms with van der Waals surface area (Å²) in [4.78, 5) is 41.0. The average Bonchev–Trinajstić information content (AvgIpc) is 3.34. The van der Waals surface area contributed by atoms with E-state index < -0.39 is 0 Å². The van der Waals surface area contributed by atoms with Crippen molar-refractivity contribution in [1.29, 1.82) is 0 Å². The van der Waals surface area contributed by atoms with Crippen LogP contribution >= 0.6 is 0 Å². The molecule has 2 N–H and O–H groups in total. The van der Waals surface area contributed by atoms with E-state index in [1.807, 2.05) is 36.4 Å². The van der Waals surface area contributed by atoms with Crippen molar-refractivity contribution < 1.29 is 14.4 Å². The molecular weight excluding hydrogens is 464 g/mol. The molecule has 0 saturated carbocycles. The fourth-order valence-electron chi connectivity index (χ4n) is 5.46. The molecule has 7 nitrogen and oxygen atoms in total. The third-order valence-corrected chi connectivity index (χ3v) is 7.46. The first-order chi connectivity index (χ1) is 18.1. The molecule has 3 amide bonds. The summed E-state index contributed by atoms with van der Waals surface area (Å²) in [5, 5.41) is 4.22. The first-order valence-electron chi connectivity index (χ1n) is 12.7. The van der Waals surface area contributed by atoms with Gasteiger partial charge in [0.15, 0.2) is 0 Å². The smallest absolute Gasteiger partial charge is 0.255 e. The number of benzene rings is 3. The number of carbonyl (C=O) groups is 3. The molecule has 2 aliphatic heterocycles. The molecule has 2 heterocycles. The molecule has 3 aromatic carbocycles. The topological polar surface area (TPSA) is 81.8 Å². The van der Waals surface area contributed by atoms with Gasteiger partial charge in [-0.15, -0.1) is 0 Å². The lowest BCUT2D eigenvalue weighted by molar-refractivity contribution is -0.139. The van der Waals surface area contributed by atoms with Crippen LogP contribution in [-0.2, 0) is 22.6 Å². The van der Waals surface area contributed by atoms with Gasteiger partial charge in [0.25, 0.3) is 5.91 Å². The molecule has 2 atom stereocenters. The van der Waals surface area contributed by atoms with Gasteiger partial charge in [-0.05, 0) is 66.8 Å². The molecular formula is C30H28N4O3. The highest BCUT2D eigenvalue weighted by molar-refractivity contribution is 6.07. The Labute approximate surface area is 215 Å². The van der Waals surface area contributed by atoms with E-state index >= 15 is 0 Å². The molecule has 7 heteroatoms. The van der Waals surface area contributed by atoms with Crippen LogP contribution in [0.15, 0.2) is 84.9 Å². The summed E-state index contributed by atoms with van der Waals surface area (Å²) in [6.07, 6.45) is 6.09. The van der Waals surface area contributed by atoms with Gasteiger partial charge >= 0.3 is 0 Å². The number of carbonyl (C=O) groups excluding carboxylic acids is 3. The van der Waals surface area contributed by atoms with Gasteiger partial charge in [-0.25, -0.2) is 5.01 Å². The molecule has 3 aliphatic rings. The molecule has 1 saturated heterocycles. The number of allylic oxidation sites excluding steroid dienone is 2. The van der Waals surface area contributed by atoms with Gasteiger partial charge in [-0.1, -0.05) is 48.6 Å². The highest BCUT2D eigenvalue weighted by Gasteiger charge is 2.42. The second-order valence-electron chi connectivity index (χ2n) is 9.81. The standard InChI is InChI=1S/C30H28N4O3/c35-28(31-23-14-12-20(13-15-23)19-33-17-16-21-6-1-4-11-27(21)33)22-7-5-8-24(18-22)34-30(37)26-10-3-2-9-25(26)29(36)32-34/h1-8,11-15,18,25-26H,9-10,16-17,19H2,(H,31,35)(H,32,36). The predicted molar refractivity (Wildman–Crippen MR) is 143 cm³/mol. The van der Waals surface area contributed by atoms with Gasteiger partial charge in [0.05, 0.1) is 17.5 Å². The molecule has 0 radical (unpaired) electrons. The molecule has 0 bridgehead atoms. The summed E-state index contributed by atoms with van der Waals surface area (Å²) in [6.45, 7) is 1.83. The third kappa shape index (κ3) is 4.48. The normalized spacial score (nSPS) is 20.3. The van der Waals surface area contributed by atoms with Crippen molar-refractivity contribution in [2.24, 2.45) is 11.8 Å². The minimum Gasteiger partial charge on any atom is -0.367 e. The van der Waals surface area contributed by atoms with Crippen molar-refractivity contribution in [2.75, 3.05) is 21.8 Å². The fourth-order valence-corrected chi connectivity index (χ4v) is 5.46. The number of hydrazine groups is 1. The molecule has 186 valence electrons. The number of fused-ring (bicyclic) bond motifs is 2. The van der Waals surface area contributed by atoms with Crippen LogP contribution in [0.3, 0.4) is 0 Å². The Hall–Kier alpha value is -4.39. The summed E-state index contributed by atoms with van der Waals surface area (Å²) in [7, 11) is 0. The van der Waals surface area contributed by atoms with Crippen LogP contribution in [0.1, 0.15) is 34.3 Å². The number of hydrogen-bond donors (Lipinski definition) is 2. The number of nitrogens with one attached hydrogen (secondary N) is 2. The zero-order valence-electron chi connectivity index (χ0n) is 20.4. The van der Waals surface area contributed by atoms with E-state index in [0.29, 0.717) is 29.8 Å². The van der Waals surface area contributed by atoms with E-state index in [2.05, 4.69) is 39.9 Å². The van der Waals surface area contributed by atoms with Crippen molar-refractivity contribution in [2.45, 2.75) is 25.8 Å². The highest BCUT2D eigenvalue weighted by Crippen LogP contribution is 2.33. The van der Waals surface area contributed by atoms with Crippen LogP contribution in [0.2, 0.25) is 0 Å². The van der Waals surface area contributed by atoms with Crippen LogP contribution in [-0.4, -0.2) is 24.3 Å². The van der Waals surface area contributed by atoms with Crippen LogP contribution in [0.5, 0.6) is 0 Å². The van der Waals surface area contributed by atoms with Crippen molar-refractivity contribution in [3.05, 3.63) is 102 Å². The summed E-state index contributed by atoms with van der Waals surface area (Å²) in [5.41, 5.74) is 8.13. The summed E-state index contributed by atoms with van der Waals surface area (Å²) in [5.74, 6) is -1.30. The second kappa shape index (κ2) is 9.58. The van der Waals surface area contributed by atoms with Crippen molar-refractivity contribution in [3.63, 3.8) is 0 Å². The third-order valence-electron chi connectivity index (χ3n) is 7.46. The zero-order valence-corrected chi connectivity index (χ0v) is 20.4.